The molecule has 28 heavy (non-hydrogen) atoms. The summed E-state index contributed by atoms with van der Waals surface area (Å²) in [5.74, 6) is 0. The number of halogens is 1. The molecule has 0 radical (unpaired) electrons. The van der Waals surface area contributed by atoms with Crippen LogP contribution in [0.15, 0.2) is 61.1 Å². The van der Waals surface area contributed by atoms with Crippen LogP contribution in [0, 0.1) is 3.57 Å². The Bertz CT molecular complexity index is 1150. The summed E-state index contributed by atoms with van der Waals surface area (Å²) in [4.78, 5) is 16.8. The highest BCUT2D eigenvalue weighted by Crippen LogP contribution is 2.24. The van der Waals surface area contributed by atoms with Crippen molar-refractivity contribution in [3.05, 3.63) is 64.6 Å². The van der Waals surface area contributed by atoms with Crippen LogP contribution in [0.3, 0.4) is 0 Å². The molecule has 0 amide bonds. The van der Waals surface area contributed by atoms with E-state index in [0.717, 1.165) is 26.0 Å². The molecule has 4 rings (SSSR count). The molecule has 0 bridgehead atoms. The van der Waals surface area contributed by atoms with E-state index in [4.69, 9.17) is 4.74 Å². The van der Waals surface area contributed by atoms with Gasteiger partial charge in [-0.25, -0.2) is 9.78 Å². The number of aromatic nitrogens is 4. The van der Waals surface area contributed by atoms with E-state index in [-0.39, 0.29) is 0 Å². The first-order valence-electron chi connectivity index (χ1n) is 8.83. The van der Waals surface area contributed by atoms with Crippen LogP contribution in [0.5, 0.6) is 0 Å². The molecule has 0 aliphatic carbocycles. The Morgan fingerprint density at radius 3 is 2.32 bits per heavy atom. The Balaban J connectivity index is 1.57. The molecule has 3 aromatic heterocycles. The second kappa shape index (κ2) is 7.05. The standard InChI is InChI=1S/C21H19IN4O2/c1-21(2,3)28-20(27)26-11-10-17(24-26)14-4-6-15(7-5-14)18-13-25-12-16(22)8-9-19(25)23-18/h4-13H,1-3H3. The molecule has 0 atom stereocenters. The molecule has 1 aromatic carbocycles. The molecule has 142 valence electrons. The molecule has 6 nitrogen and oxygen atoms in total. The van der Waals surface area contributed by atoms with Gasteiger partial charge in [0, 0.05) is 33.3 Å². The highest BCUT2D eigenvalue weighted by atomic mass is 127. The largest absolute Gasteiger partial charge is 0.442 e. The monoisotopic (exact) mass is 486 g/mol. The third-order valence-electron chi connectivity index (χ3n) is 4.06. The molecule has 0 aliphatic heterocycles. The number of fused-ring (bicyclic) bond motifs is 1. The van der Waals surface area contributed by atoms with Crippen LogP contribution in [0.4, 0.5) is 4.79 Å². The molecule has 0 N–H and O–H groups in total. The molecule has 0 fully saturated rings. The van der Waals surface area contributed by atoms with Gasteiger partial charge >= 0.3 is 6.09 Å². The van der Waals surface area contributed by atoms with Gasteiger partial charge in [0.15, 0.2) is 0 Å². The van der Waals surface area contributed by atoms with Crippen molar-refractivity contribution in [3.8, 4) is 22.5 Å². The molecule has 4 aromatic rings. The maximum Gasteiger partial charge on any atom is 0.435 e. The number of hydrogen-bond acceptors (Lipinski definition) is 4. The fourth-order valence-corrected chi connectivity index (χ4v) is 3.28. The van der Waals surface area contributed by atoms with Crippen LogP contribution in [-0.4, -0.2) is 30.9 Å². The quantitative estimate of drug-likeness (QED) is 0.363. The van der Waals surface area contributed by atoms with Crippen molar-refractivity contribution < 1.29 is 9.53 Å². The van der Waals surface area contributed by atoms with Crippen LogP contribution in [0.25, 0.3) is 28.2 Å². The van der Waals surface area contributed by atoms with Crippen molar-refractivity contribution in [2.24, 2.45) is 0 Å². The van der Waals surface area contributed by atoms with Gasteiger partial charge in [-0.05, 0) is 61.6 Å². The van der Waals surface area contributed by atoms with Crippen molar-refractivity contribution in [1.82, 2.24) is 19.2 Å². The summed E-state index contributed by atoms with van der Waals surface area (Å²) in [5, 5.41) is 4.33. The van der Waals surface area contributed by atoms with E-state index < -0.39 is 11.7 Å². The fraction of sp³-hybridized carbons (Fsp3) is 0.190. The maximum atomic E-state index is 12.1. The minimum atomic E-state index is -0.559. The summed E-state index contributed by atoms with van der Waals surface area (Å²) in [6.07, 6.45) is 5.18. The summed E-state index contributed by atoms with van der Waals surface area (Å²) < 4.78 is 9.74. The zero-order valence-electron chi connectivity index (χ0n) is 15.8. The van der Waals surface area contributed by atoms with Crippen LogP contribution in [-0.2, 0) is 4.74 Å². The number of nitrogens with zero attached hydrogens (tertiary/aromatic N) is 4. The van der Waals surface area contributed by atoms with E-state index >= 15 is 0 Å². The van der Waals surface area contributed by atoms with Gasteiger partial charge in [0.2, 0.25) is 0 Å². The first-order valence-corrected chi connectivity index (χ1v) is 9.90. The van der Waals surface area contributed by atoms with Gasteiger partial charge < -0.3 is 9.14 Å². The Hall–Kier alpha value is -2.68. The Kier molecular flexibility index (Phi) is 4.70. The van der Waals surface area contributed by atoms with Gasteiger partial charge in [0.1, 0.15) is 11.2 Å². The summed E-state index contributed by atoms with van der Waals surface area (Å²) in [6, 6.07) is 13.8. The van der Waals surface area contributed by atoms with E-state index in [0.29, 0.717) is 5.69 Å². The van der Waals surface area contributed by atoms with Crippen molar-refractivity contribution in [2.45, 2.75) is 26.4 Å². The third-order valence-corrected chi connectivity index (χ3v) is 4.70. The molecule has 0 aliphatic rings. The van der Waals surface area contributed by atoms with E-state index in [1.54, 1.807) is 12.3 Å². The number of carbonyl (C=O) groups is 1. The smallest absolute Gasteiger partial charge is 0.435 e. The molecular formula is C21H19IN4O2. The average molecular weight is 486 g/mol. The van der Waals surface area contributed by atoms with Crippen molar-refractivity contribution >= 4 is 34.3 Å². The molecule has 0 saturated heterocycles. The Morgan fingerprint density at radius 2 is 1.64 bits per heavy atom. The Labute approximate surface area is 176 Å². The molecular weight excluding hydrogens is 467 g/mol. The lowest BCUT2D eigenvalue weighted by Crippen LogP contribution is -2.27. The minimum Gasteiger partial charge on any atom is -0.442 e. The number of benzene rings is 1. The first-order chi connectivity index (χ1) is 13.3. The molecule has 0 saturated carbocycles. The molecule has 0 spiro atoms. The molecule has 7 heteroatoms. The van der Waals surface area contributed by atoms with E-state index in [1.807, 2.05) is 74.0 Å². The summed E-state index contributed by atoms with van der Waals surface area (Å²) in [7, 11) is 0. The zero-order chi connectivity index (χ0) is 19.9. The number of carbonyl (C=O) groups excluding carboxylic acids is 1. The molecule has 3 heterocycles. The number of imidazole rings is 1. The van der Waals surface area contributed by atoms with Crippen molar-refractivity contribution in [1.29, 1.82) is 0 Å². The maximum absolute atomic E-state index is 12.1. The predicted octanol–water partition coefficient (Wildman–Crippen LogP) is 5.25. The van der Waals surface area contributed by atoms with Gasteiger partial charge in [-0.1, -0.05) is 24.3 Å². The van der Waals surface area contributed by atoms with E-state index in [2.05, 4.69) is 32.7 Å². The number of hydrogen-bond donors (Lipinski definition) is 0. The highest BCUT2D eigenvalue weighted by molar-refractivity contribution is 14.1. The fourth-order valence-electron chi connectivity index (χ4n) is 2.80. The number of pyridine rings is 1. The summed E-state index contributed by atoms with van der Waals surface area (Å²) in [6.45, 7) is 5.48. The number of rotatable bonds is 2. The minimum absolute atomic E-state index is 0.491. The van der Waals surface area contributed by atoms with Crippen LogP contribution >= 0.6 is 22.6 Å². The van der Waals surface area contributed by atoms with Crippen molar-refractivity contribution in [3.63, 3.8) is 0 Å². The van der Waals surface area contributed by atoms with E-state index in [1.165, 1.54) is 4.68 Å². The third kappa shape index (κ3) is 3.94. The van der Waals surface area contributed by atoms with E-state index in [9.17, 15) is 4.79 Å². The van der Waals surface area contributed by atoms with Gasteiger partial charge in [-0.2, -0.15) is 9.78 Å². The van der Waals surface area contributed by atoms with Crippen LogP contribution < -0.4 is 0 Å². The number of ether oxygens (including phenoxy) is 1. The van der Waals surface area contributed by atoms with Crippen molar-refractivity contribution in [2.75, 3.05) is 0 Å². The summed E-state index contributed by atoms with van der Waals surface area (Å²) >= 11 is 2.29. The van der Waals surface area contributed by atoms with Gasteiger partial charge in [0.25, 0.3) is 0 Å². The average Bonchev–Trinajstić information content (AvgIpc) is 3.27. The van der Waals surface area contributed by atoms with Gasteiger partial charge in [0.05, 0.1) is 11.4 Å². The van der Waals surface area contributed by atoms with Gasteiger partial charge in [-0.3, -0.25) is 0 Å². The lowest BCUT2D eigenvalue weighted by molar-refractivity contribution is 0.0515. The predicted molar refractivity (Wildman–Crippen MR) is 116 cm³/mol. The van der Waals surface area contributed by atoms with Gasteiger partial charge in [-0.15, -0.1) is 0 Å². The highest BCUT2D eigenvalue weighted by Gasteiger charge is 2.18. The first kappa shape index (κ1) is 18.7. The Morgan fingerprint density at radius 1 is 0.964 bits per heavy atom. The second-order valence-electron chi connectivity index (χ2n) is 7.44. The zero-order valence-corrected chi connectivity index (χ0v) is 17.9. The normalized spacial score (nSPS) is 11.7. The van der Waals surface area contributed by atoms with Crippen LogP contribution in [0.2, 0.25) is 0 Å². The molecule has 0 unspecified atom stereocenters. The summed E-state index contributed by atoms with van der Waals surface area (Å²) in [5.41, 5.74) is 3.92. The lowest BCUT2D eigenvalue weighted by atomic mass is 10.1. The second-order valence-corrected chi connectivity index (χ2v) is 8.69. The topological polar surface area (TPSA) is 61.4 Å². The van der Waals surface area contributed by atoms with Crippen LogP contribution in [0.1, 0.15) is 20.8 Å². The lowest BCUT2D eigenvalue weighted by Gasteiger charge is -2.18. The SMILES string of the molecule is CC(C)(C)OC(=O)n1ccc(-c2ccc(-c3cn4cc(I)ccc4n3)cc2)n1.